The maximum atomic E-state index is 13.2. The molecule has 1 atom stereocenters. The molecule has 3 aliphatic rings. The molecule has 7 heteroatoms. The van der Waals surface area contributed by atoms with Gasteiger partial charge in [0.2, 0.25) is 15.9 Å². The van der Waals surface area contributed by atoms with Crippen molar-refractivity contribution < 1.29 is 13.2 Å². The van der Waals surface area contributed by atoms with Gasteiger partial charge < -0.3 is 5.32 Å². The molecule has 1 saturated heterocycles. The van der Waals surface area contributed by atoms with Gasteiger partial charge in [0.1, 0.15) is 0 Å². The summed E-state index contributed by atoms with van der Waals surface area (Å²) in [6.45, 7) is 0.763. The average Bonchev–Trinajstić information content (AvgIpc) is 3.54. The molecule has 2 aliphatic carbocycles. The van der Waals surface area contributed by atoms with Gasteiger partial charge in [0.15, 0.2) is 0 Å². The number of fused-ring (bicyclic) bond motifs is 1. The molecule has 1 heterocycles. The summed E-state index contributed by atoms with van der Waals surface area (Å²) in [5.41, 5.74) is 3.51. The zero-order valence-corrected chi connectivity index (χ0v) is 19.7. The molecule has 0 spiro atoms. The topological polar surface area (TPSA) is 66.5 Å². The summed E-state index contributed by atoms with van der Waals surface area (Å²) < 4.78 is 27.9. The number of hydrogen-bond acceptors (Lipinski definition) is 3. The molecule has 1 aliphatic heterocycles. The summed E-state index contributed by atoms with van der Waals surface area (Å²) in [6, 6.07) is 13.3. The van der Waals surface area contributed by atoms with Gasteiger partial charge in [-0.15, -0.1) is 0 Å². The third-order valence-electron chi connectivity index (χ3n) is 7.15. The van der Waals surface area contributed by atoms with Gasteiger partial charge in [-0.3, -0.25) is 4.79 Å². The highest BCUT2D eigenvalue weighted by atomic mass is 35.5. The Balaban J connectivity index is 1.22. The highest BCUT2D eigenvalue weighted by Crippen LogP contribution is 2.41. The quantitative estimate of drug-likeness (QED) is 0.673. The number of halogens is 1. The smallest absolute Gasteiger partial charge is 0.243 e. The molecule has 5 nitrogen and oxygen atoms in total. The molecule has 0 radical (unpaired) electrons. The maximum absolute atomic E-state index is 13.2. The number of rotatable bonds is 6. The Morgan fingerprint density at radius 3 is 2.34 bits per heavy atom. The van der Waals surface area contributed by atoms with E-state index in [1.807, 2.05) is 36.4 Å². The van der Waals surface area contributed by atoms with Crippen LogP contribution < -0.4 is 5.32 Å². The Kier molecular flexibility index (Phi) is 6.03. The minimum absolute atomic E-state index is 0.00735. The second kappa shape index (κ2) is 8.81. The molecule has 1 N–H and O–H groups in total. The maximum Gasteiger partial charge on any atom is 0.243 e. The molecule has 2 aromatic rings. The summed E-state index contributed by atoms with van der Waals surface area (Å²) in [5, 5.41) is 3.93. The van der Waals surface area contributed by atoms with Gasteiger partial charge in [-0.25, -0.2) is 8.42 Å². The van der Waals surface area contributed by atoms with Crippen LogP contribution in [-0.2, 0) is 27.7 Å². The molecule has 170 valence electrons. The summed E-state index contributed by atoms with van der Waals surface area (Å²) >= 11 is 6.02. The van der Waals surface area contributed by atoms with Crippen LogP contribution in [0.2, 0.25) is 5.02 Å². The minimum Gasteiger partial charge on any atom is -0.349 e. The summed E-state index contributed by atoms with van der Waals surface area (Å²) in [5.74, 6) is 0.349. The van der Waals surface area contributed by atoms with Crippen LogP contribution in [0.4, 0.5) is 0 Å². The molecule has 2 fully saturated rings. The van der Waals surface area contributed by atoms with Crippen molar-refractivity contribution in [3.63, 3.8) is 0 Å². The second-order valence-corrected chi connectivity index (χ2v) is 11.7. The Morgan fingerprint density at radius 1 is 0.969 bits per heavy atom. The van der Waals surface area contributed by atoms with Crippen LogP contribution in [0.1, 0.15) is 54.8 Å². The number of nitrogens with one attached hydrogen (secondary N) is 1. The van der Waals surface area contributed by atoms with Crippen LogP contribution in [-0.4, -0.2) is 31.7 Å². The lowest BCUT2D eigenvalue weighted by Crippen LogP contribution is -2.44. The van der Waals surface area contributed by atoms with Crippen LogP contribution in [0.15, 0.2) is 47.4 Å². The molecule has 0 aromatic heterocycles. The van der Waals surface area contributed by atoms with Gasteiger partial charge in [0.25, 0.3) is 0 Å². The van der Waals surface area contributed by atoms with E-state index in [1.54, 1.807) is 10.4 Å². The van der Waals surface area contributed by atoms with E-state index in [0.717, 1.165) is 43.2 Å². The van der Waals surface area contributed by atoms with Gasteiger partial charge in [-0.05, 0) is 91.8 Å². The van der Waals surface area contributed by atoms with Crippen molar-refractivity contribution >= 4 is 27.5 Å². The lowest BCUT2D eigenvalue weighted by Gasteiger charge is -2.31. The van der Waals surface area contributed by atoms with Crippen LogP contribution in [0, 0.1) is 11.8 Å². The third-order valence-corrected chi connectivity index (χ3v) is 9.30. The number of amides is 1. The lowest BCUT2D eigenvalue weighted by molar-refractivity contribution is -0.127. The van der Waals surface area contributed by atoms with Crippen molar-refractivity contribution in [2.75, 3.05) is 13.1 Å². The largest absolute Gasteiger partial charge is 0.349 e. The predicted molar refractivity (Wildman–Crippen MR) is 125 cm³/mol. The lowest BCUT2D eigenvalue weighted by atomic mass is 9.95. The monoisotopic (exact) mass is 472 g/mol. The van der Waals surface area contributed by atoms with Crippen molar-refractivity contribution in [3.05, 3.63) is 64.2 Å². The van der Waals surface area contributed by atoms with Gasteiger partial charge >= 0.3 is 0 Å². The number of sulfonamides is 1. The summed E-state index contributed by atoms with van der Waals surface area (Å²) in [6.07, 6.45) is 6.42. The van der Waals surface area contributed by atoms with E-state index in [1.165, 1.54) is 5.56 Å². The van der Waals surface area contributed by atoms with Crippen molar-refractivity contribution in [2.45, 2.75) is 55.9 Å². The fourth-order valence-electron chi connectivity index (χ4n) is 5.06. The minimum atomic E-state index is -3.52. The van der Waals surface area contributed by atoms with Crippen molar-refractivity contribution in [1.82, 2.24) is 9.62 Å². The Hall–Kier alpha value is -1.89. The van der Waals surface area contributed by atoms with Crippen molar-refractivity contribution in [2.24, 2.45) is 11.8 Å². The fourth-order valence-corrected chi connectivity index (χ4v) is 6.71. The van der Waals surface area contributed by atoms with E-state index in [-0.39, 0.29) is 17.9 Å². The first-order valence-electron chi connectivity index (χ1n) is 11.6. The number of aryl methyl sites for hydroxylation is 2. The van der Waals surface area contributed by atoms with E-state index in [2.05, 4.69) is 5.32 Å². The van der Waals surface area contributed by atoms with E-state index in [9.17, 15) is 13.2 Å². The normalized spacial score (nSPS) is 20.7. The van der Waals surface area contributed by atoms with Crippen molar-refractivity contribution in [1.29, 1.82) is 0 Å². The Bertz CT molecular complexity index is 1100. The first-order valence-corrected chi connectivity index (χ1v) is 13.4. The number of carbonyl (C=O) groups excluding carboxylic acids is 1. The Morgan fingerprint density at radius 2 is 1.66 bits per heavy atom. The van der Waals surface area contributed by atoms with Gasteiger partial charge in [0.05, 0.1) is 10.9 Å². The third kappa shape index (κ3) is 4.45. The van der Waals surface area contributed by atoms with E-state index >= 15 is 0 Å². The number of benzene rings is 2. The van der Waals surface area contributed by atoms with E-state index in [0.29, 0.717) is 41.8 Å². The number of nitrogens with zero attached hydrogens (tertiary/aromatic N) is 1. The van der Waals surface area contributed by atoms with E-state index in [4.69, 9.17) is 11.6 Å². The van der Waals surface area contributed by atoms with Gasteiger partial charge in [0, 0.05) is 24.0 Å². The molecule has 32 heavy (non-hydrogen) atoms. The van der Waals surface area contributed by atoms with Gasteiger partial charge in [-0.1, -0.05) is 29.8 Å². The molecular formula is C25H29ClN2O3S. The van der Waals surface area contributed by atoms with Crippen LogP contribution in [0.5, 0.6) is 0 Å². The number of piperidine rings is 1. The van der Waals surface area contributed by atoms with Gasteiger partial charge in [-0.2, -0.15) is 4.31 Å². The molecular weight excluding hydrogens is 444 g/mol. The highest BCUT2D eigenvalue weighted by Gasteiger charge is 2.37. The van der Waals surface area contributed by atoms with Crippen molar-refractivity contribution in [3.8, 4) is 0 Å². The standard InChI is InChI=1S/C25H29ClN2O3S/c26-22-9-6-19(7-10-22)24(18-4-5-18)27-25(29)20-12-14-28(15-13-20)32(30,31)23-11-8-17-2-1-3-21(17)16-23/h6-11,16,18,20,24H,1-5,12-15H2,(H,27,29). The van der Waals surface area contributed by atoms with Crippen LogP contribution >= 0.6 is 11.6 Å². The molecule has 0 bridgehead atoms. The van der Waals surface area contributed by atoms with E-state index < -0.39 is 10.0 Å². The SMILES string of the molecule is O=C(NC(c1ccc(Cl)cc1)C1CC1)C1CCN(S(=O)(=O)c2ccc3c(c2)CCC3)CC1. The van der Waals surface area contributed by atoms with Crippen LogP contribution in [0.3, 0.4) is 0 Å². The average molecular weight is 473 g/mol. The molecule has 1 amide bonds. The molecule has 2 aromatic carbocycles. The zero-order chi connectivity index (χ0) is 22.3. The Labute approximate surface area is 195 Å². The number of carbonyl (C=O) groups is 1. The molecule has 1 saturated carbocycles. The summed E-state index contributed by atoms with van der Waals surface area (Å²) in [7, 11) is -3.52. The molecule has 5 rings (SSSR count). The molecule has 1 unspecified atom stereocenters. The zero-order valence-electron chi connectivity index (χ0n) is 18.1. The summed E-state index contributed by atoms with van der Waals surface area (Å²) in [4.78, 5) is 13.4. The predicted octanol–water partition coefficient (Wildman–Crippen LogP) is 4.50. The van der Waals surface area contributed by atoms with Crippen LogP contribution in [0.25, 0.3) is 0 Å². The highest BCUT2D eigenvalue weighted by molar-refractivity contribution is 7.89. The fraction of sp³-hybridized carbons (Fsp3) is 0.480. The first kappa shape index (κ1) is 21.9. The second-order valence-electron chi connectivity index (χ2n) is 9.34. The first-order chi connectivity index (χ1) is 15.4. The number of hydrogen-bond donors (Lipinski definition) is 1.